The van der Waals surface area contributed by atoms with Crippen molar-refractivity contribution in [2.24, 2.45) is 4.99 Å². The normalized spacial score (nSPS) is 39.2. The van der Waals surface area contributed by atoms with Gasteiger partial charge in [-0.25, -0.2) is 19.4 Å². The molecule has 0 spiro atoms. The summed E-state index contributed by atoms with van der Waals surface area (Å²) in [6.45, 7) is -9.26. The monoisotopic (exact) mass is 695 g/mol. The summed E-state index contributed by atoms with van der Waals surface area (Å²) in [7, 11) is 0. The summed E-state index contributed by atoms with van der Waals surface area (Å²) in [6, 6.07) is 0. The average Bonchev–Trinajstić information content (AvgIpc) is 3.72. The topological polar surface area (TPSA) is 248 Å². The van der Waals surface area contributed by atoms with Gasteiger partial charge in [-0.2, -0.15) is 4.98 Å². The van der Waals surface area contributed by atoms with Crippen LogP contribution in [0.1, 0.15) is 30.8 Å². The second kappa shape index (κ2) is 11.2. The van der Waals surface area contributed by atoms with Gasteiger partial charge in [0, 0.05) is 6.42 Å². The van der Waals surface area contributed by atoms with Gasteiger partial charge in [-0.1, -0.05) is 0 Å². The zero-order valence-electron chi connectivity index (χ0n) is 22.0. The first-order valence-corrected chi connectivity index (χ1v) is 18.1. The number of aliphatic hydroxyl groups is 1. The van der Waals surface area contributed by atoms with E-state index in [0.29, 0.717) is 5.82 Å². The maximum atomic E-state index is 15.8. The molecule has 3 unspecified atom stereocenters. The molecule has 3 aromatic heterocycles. The van der Waals surface area contributed by atoms with Crippen molar-refractivity contribution in [1.29, 1.82) is 0 Å². The smallest absolute Gasteiger partial charge is 0.325 e. The van der Waals surface area contributed by atoms with E-state index in [1.807, 2.05) is 0 Å². The molecule has 7 heterocycles. The summed E-state index contributed by atoms with van der Waals surface area (Å²) in [4.78, 5) is 52.7. The van der Waals surface area contributed by atoms with Crippen molar-refractivity contribution in [2.45, 2.75) is 55.7 Å². The fourth-order valence-corrected chi connectivity index (χ4v) is 8.20. The number of rotatable bonds is 2. The number of nitrogens with two attached hydrogens (primary N) is 1. The van der Waals surface area contributed by atoms with Crippen LogP contribution < -0.4 is 16.6 Å². The van der Waals surface area contributed by atoms with Gasteiger partial charge in [0.25, 0.3) is 5.56 Å². The number of H-pyrrole nitrogens is 1. The van der Waals surface area contributed by atoms with Crippen LogP contribution in [0.15, 0.2) is 22.4 Å². The fraction of sp³-hybridized carbons (Fsp3) is 0.550. The number of anilines is 2. The number of aromatic amines is 1. The van der Waals surface area contributed by atoms with Gasteiger partial charge < -0.3 is 49.0 Å². The molecule has 7 N–H and O–H groups in total. The maximum Gasteiger partial charge on any atom is 0.325 e. The van der Waals surface area contributed by atoms with Crippen LogP contribution in [0.25, 0.3) is 11.2 Å². The Labute approximate surface area is 255 Å². The van der Waals surface area contributed by atoms with Gasteiger partial charge in [-0.15, -0.1) is 0 Å². The molecule has 44 heavy (non-hydrogen) atoms. The lowest BCUT2D eigenvalue weighted by molar-refractivity contribution is -0.0598. The lowest BCUT2D eigenvalue weighted by Crippen LogP contribution is -2.32. The minimum Gasteiger partial charge on any atom is -0.369 e. The highest BCUT2D eigenvalue weighted by atomic mass is 32.5. The lowest BCUT2D eigenvalue weighted by Gasteiger charge is -2.27. The number of hydrogen-bond acceptors (Lipinski definition) is 16. The summed E-state index contributed by atoms with van der Waals surface area (Å²) < 4.78 is 53.1. The molecule has 0 amide bonds. The number of nitrogens with zero attached hydrogens (tertiary/aromatic N) is 6. The van der Waals surface area contributed by atoms with Crippen molar-refractivity contribution in [3.05, 3.63) is 28.7 Å². The van der Waals surface area contributed by atoms with Gasteiger partial charge in [-0.3, -0.25) is 23.4 Å². The molecule has 19 nitrogen and oxygen atoms in total. The number of halogens is 1. The molecule has 4 aliphatic rings. The van der Waals surface area contributed by atoms with Crippen molar-refractivity contribution in [3.63, 3.8) is 0 Å². The number of ether oxygens (including phenoxy) is 2. The number of nitrogens with one attached hydrogen (secondary N) is 2. The first-order chi connectivity index (χ1) is 20.9. The van der Waals surface area contributed by atoms with Crippen LogP contribution in [0.4, 0.5) is 16.2 Å². The average molecular weight is 696 g/mol. The van der Waals surface area contributed by atoms with E-state index in [4.69, 9.17) is 56.9 Å². The van der Waals surface area contributed by atoms with Crippen LogP contribution in [0.3, 0.4) is 0 Å². The Balaban J connectivity index is 1.17. The molecule has 7 rings (SSSR count). The van der Waals surface area contributed by atoms with Gasteiger partial charge in [0.1, 0.15) is 36.1 Å². The zero-order valence-corrected chi connectivity index (χ0v) is 25.4. The van der Waals surface area contributed by atoms with E-state index in [9.17, 15) is 19.7 Å². The lowest BCUT2D eigenvalue weighted by atomic mass is 10.1. The summed E-state index contributed by atoms with van der Waals surface area (Å²) in [5.74, 6) is 0.189. The SMILES string of the molecule is Nc1nc2c(ncn2[C@@H]2O[C@@H]3COP(O)(=S)O[C@H]4C[C@H](n5cnc6c5NC=NC6O)O[C@@H]4COP(O)(=S)O[C@@H]2[C@@H]3F)c(=O)[nH]1. The number of aromatic nitrogens is 6. The largest absolute Gasteiger partial charge is 0.369 e. The second-order valence-electron chi connectivity index (χ2n) is 10.1. The van der Waals surface area contributed by atoms with Crippen molar-refractivity contribution >= 4 is 66.3 Å². The van der Waals surface area contributed by atoms with E-state index in [-0.39, 0.29) is 29.2 Å². The van der Waals surface area contributed by atoms with E-state index >= 15 is 4.39 Å². The Hall–Kier alpha value is -2.30. The maximum absolute atomic E-state index is 15.8. The third-order valence-corrected chi connectivity index (χ3v) is 10.4. The molecule has 10 atom stereocenters. The van der Waals surface area contributed by atoms with Gasteiger partial charge in [-0.05, 0) is 23.6 Å². The third kappa shape index (κ3) is 5.53. The van der Waals surface area contributed by atoms with E-state index in [1.165, 1.54) is 23.6 Å². The molecule has 3 fully saturated rings. The Kier molecular flexibility index (Phi) is 7.72. The molecule has 3 saturated heterocycles. The Morgan fingerprint density at radius 2 is 1.77 bits per heavy atom. The predicted octanol–water partition coefficient (Wildman–Crippen LogP) is -0.183. The summed E-state index contributed by atoms with van der Waals surface area (Å²) >= 11 is 10.5. The molecule has 0 aromatic carbocycles. The van der Waals surface area contributed by atoms with Crippen molar-refractivity contribution in [1.82, 2.24) is 29.1 Å². The quantitative estimate of drug-likeness (QED) is 0.190. The molecule has 0 aliphatic carbocycles. The van der Waals surface area contributed by atoms with Crippen molar-refractivity contribution in [2.75, 3.05) is 24.3 Å². The first kappa shape index (κ1) is 30.4. The number of fused-ring (bicyclic) bond motifs is 5. The summed E-state index contributed by atoms with van der Waals surface area (Å²) in [5.41, 5.74) is 5.15. The van der Waals surface area contributed by atoms with Gasteiger partial charge in [0.2, 0.25) is 5.95 Å². The predicted molar refractivity (Wildman–Crippen MR) is 154 cm³/mol. The van der Waals surface area contributed by atoms with E-state index < -0.39 is 81.5 Å². The van der Waals surface area contributed by atoms with Gasteiger partial charge in [0.15, 0.2) is 29.8 Å². The molecule has 238 valence electrons. The van der Waals surface area contributed by atoms with Crippen LogP contribution in [0, 0.1) is 0 Å². The highest BCUT2D eigenvalue weighted by Gasteiger charge is 2.51. The zero-order chi connectivity index (χ0) is 31.0. The minimum atomic E-state index is -4.21. The number of alkyl halides is 1. The number of imidazole rings is 2. The minimum absolute atomic E-state index is 0.0503. The Morgan fingerprint density at radius 3 is 2.57 bits per heavy atom. The van der Waals surface area contributed by atoms with Crippen LogP contribution in [0.5, 0.6) is 0 Å². The van der Waals surface area contributed by atoms with Crippen molar-refractivity contribution in [3.8, 4) is 0 Å². The summed E-state index contributed by atoms with van der Waals surface area (Å²) in [6.07, 6.45) is -6.23. The highest BCUT2D eigenvalue weighted by molar-refractivity contribution is 8.07. The molecule has 2 bridgehead atoms. The molecule has 0 saturated carbocycles. The number of aliphatic imine (C=N–C) groups is 1. The van der Waals surface area contributed by atoms with Gasteiger partial charge >= 0.3 is 13.4 Å². The second-order valence-corrected chi connectivity index (χ2v) is 15.7. The molecular weight excluding hydrogens is 671 g/mol. The molecule has 3 aromatic rings. The standard InChI is InChI=1S/C20H24FN9O10P2S2/c21-11-9-3-36-41(33,43)39-7-1-10(29-5-25-12-15(29)23-4-24-17(12)31)37-8(7)2-35-42(34,44)40-14(11)19(38-9)30-6-26-13-16(30)27-20(22)28-18(13)32/h4-11,14,17,19,31H,1-3H2,(H,23,24)(H,33,43)(H,34,44)(H3,22,27,28,32)/t7-,8+,9+,10+,11+,14+,17?,19+,41?,42?/m0/s1. The highest BCUT2D eigenvalue weighted by Crippen LogP contribution is 2.54. The Bertz CT molecular complexity index is 1790. The number of nitrogen functional groups attached to an aromatic ring is 1. The number of aliphatic hydroxyl groups excluding tert-OH is 1. The molecule has 0 radical (unpaired) electrons. The van der Waals surface area contributed by atoms with Crippen LogP contribution >= 0.6 is 13.4 Å². The van der Waals surface area contributed by atoms with Gasteiger partial charge in [0.05, 0.1) is 38.3 Å². The van der Waals surface area contributed by atoms with E-state index in [1.54, 1.807) is 4.57 Å². The first-order valence-electron chi connectivity index (χ1n) is 12.9. The third-order valence-electron chi connectivity index (χ3n) is 7.29. The van der Waals surface area contributed by atoms with Crippen LogP contribution in [0.2, 0.25) is 0 Å². The van der Waals surface area contributed by atoms with Crippen LogP contribution in [-0.2, 0) is 51.2 Å². The fourth-order valence-electron chi connectivity index (χ4n) is 5.32. The Morgan fingerprint density at radius 1 is 1.05 bits per heavy atom. The van der Waals surface area contributed by atoms with Crippen LogP contribution in [-0.4, -0.2) is 94.1 Å². The van der Waals surface area contributed by atoms with E-state index in [2.05, 4.69) is 30.2 Å². The number of hydrogen-bond donors (Lipinski definition) is 6. The van der Waals surface area contributed by atoms with Crippen molar-refractivity contribution < 1.29 is 46.9 Å². The molecule has 24 heteroatoms. The molecule has 4 aliphatic heterocycles. The van der Waals surface area contributed by atoms with E-state index in [0.717, 1.165) is 0 Å². The summed E-state index contributed by atoms with van der Waals surface area (Å²) in [5, 5.41) is 13.0. The molecular formula is C20H24FN9O10P2S2.